The molecule has 0 aromatic heterocycles. The van der Waals surface area contributed by atoms with Gasteiger partial charge in [-0.05, 0) is 31.3 Å². The molecule has 0 heterocycles. The molecule has 1 N–H and O–H groups in total. The second-order valence-corrected chi connectivity index (χ2v) is 5.41. The van der Waals surface area contributed by atoms with Gasteiger partial charge in [0.15, 0.2) is 0 Å². The number of halogens is 4. The number of nitrogens with zero attached hydrogens (tertiary/aromatic N) is 1. The van der Waals surface area contributed by atoms with Crippen LogP contribution in [0, 0.1) is 0 Å². The highest BCUT2D eigenvalue weighted by molar-refractivity contribution is 9.10. The third-order valence-corrected chi connectivity index (χ3v) is 3.45. The molecular formula is C13H18BrF3N2. The SMILES string of the molecule is CNCc1ccc(CN(C)CCC(F)(F)F)c(Br)c1. The average Bonchev–Trinajstić information content (AvgIpc) is 2.30. The number of hydrogen-bond acceptors (Lipinski definition) is 2. The number of nitrogens with one attached hydrogen (secondary N) is 1. The summed E-state index contributed by atoms with van der Waals surface area (Å²) in [6.07, 6.45) is -4.87. The van der Waals surface area contributed by atoms with Crippen molar-refractivity contribution in [1.82, 2.24) is 10.2 Å². The summed E-state index contributed by atoms with van der Waals surface area (Å²) in [5.41, 5.74) is 2.13. The van der Waals surface area contributed by atoms with Crippen LogP contribution in [0.1, 0.15) is 17.5 Å². The number of benzene rings is 1. The maximum atomic E-state index is 12.1. The summed E-state index contributed by atoms with van der Waals surface area (Å²) in [6.45, 7) is 1.27. The molecule has 0 saturated carbocycles. The van der Waals surface area contributed by atoms with Crippen LogP contribution in [-0.2, 0) is 13.1 Å². The van der Waals surface area contributed by atoms with Crippen molar-refractivity contribution in [3.05, 3.63) is 33.8 Å². The predicted octanol–water partition coefficient (Wildman–Crippen LogP) is 3.55. The first-order chi connectivity index (χ1) is 8.81. The molecule has 1 aromatic carbocycles. The Labute approximate surface area is 120 Å². The summed E-state index contributed by atoms with van der Waals surface area (Å²) < 4.78 is 37.3. The molecule has 0 fully saturated rings. The van der Waals surface area contributed by atoms with Gasteiger partial charge in [0.2, 0.25) is 0 Å². The third-order valence-electron chi connectivity index (χ3n) is 2.72. The van der Waals surface area contributed by atoms with Gasteiger partial charge in [0.25, 0.3) is 0 Å². The number of hydrogen-bond donors (Lipinski definition) is 1. The van der Waals surface area contributed by atoms with Crippen LogP contribution in [0.25, 0.3) is 0 Å². The lowest BCUT2D eigenvalue weighted by Gasteiger charge is -2.18. The third kappa shape index (κ3) is 6.40. The summed E-state index contributed by atoms with van der Waals surface area (Å²) in [5, 5.41) is 3.05. The highest BCUT2D eigenvalue weighted by atomic mass is 79.9. The van der Waals surface area contributed by atoms with E-state index in [2.05, 4.69) is 21.2 Å². The molecule has 1 rings (SSSR count). The highest BCUT2D eigenvalue weighted by Crippen LogP contribution is 2.22. The summed E-state index contributed by atoms with van der Waals surface area (Å²) in [4.78, 5) is 1.67. The molecule has 0 amide bonds. The lowest BCUT2D eigenvalue weighted by molar-refractivity contribution is -0.137. The smallest absolute Gasteiger partial charge is 0.316 e. The van der Waals surface area contributed by atoms with Crippen molar-refractivity contribution in [1.29, 1.82) is 0 Å². The first-order valence-electron chi connectivity index (χ1n) is 5.99. The van der Waals surface area contributed by atoms with Crippen LogP contribution < -0.4 is 5.32 Å². The second-order valence-electron chi connectivity index (χ2n) is 4.56. The van der Waals surface area contributed by atoms with E-state index in [-0.39, 0.29) is 6.54 Å². The monoisotopic (exact) mass is 338 g/mol. The second kappa shape index (κ2) is 7.26. The van der Waals surface area contributed by atoms with Gasteiger partial charge >= 0.3 is 6.18 Å². The summed E-state index contributed by atoms with van der Waals surface area (Å²) in [7, 11) is 3.56. The molecule has 0 aliphatic carbocycles. The normalized spacial score (nSPS) is 12.2. The van der Waals surface area contributed by atoms with Crippen LogP contribution >= 0.6 is 15.9 Å². The van der Waals surface area contributed by atoms with E-state index in [0.717, 1.165) is 22.1 Å². The molecule has 0 atom stereocenters. The van der Waals surface area contributed by atoms with E-state index in [0.29, 0.717) is 6.54 Å². The molecule has 6 heteroatoms. The Kier molecular flexibility index (Phi) is 6.29. The van der Waals surface area contributed by atoms with E-state index in [9.17, 15) is 13.2 Å². The van der Waals surface area contributed by atoms with Gasteiger partial charge in [-0.25, -0.2) is 0 Å². The number of alkyl halides is 3. The lowest BCUT2D eigenvalue weighted by Crippen LogP contribution is -2.24. The minimum absolute atomic E-state index is 0.00814. The Bertz CT molecular complexity index is 407. The Morgan fingerprint density at radius 1 is 1.32 bits per heavy atom. The largest absolute Gasteiger partial charge is 0.390 e. The minimum atomic E-state index is -4.10. The van der Waals surface area contributed by atoms with Crippen molar-refractivity contribution >= 4 is 15.9 Å². The first-order valence-corrected chi connectivity index (χ1v) is 6.78. The van der Waals surface area contributed by atoms with Gasteiger partial charge in [-0.3, -0.25) is 0 Å². The van der Waals surface area contributed by atoms with Gasteiger partial charge in [-0.2, -0.15) is 13.2 Å². The van der Waals surface area contributed by atoms with Crippen LogP contribution in [0.5, 0.6) is 0 Å². The summed E-state index contributed by atoms with van der Waals surface area (Å²) in [6, 6.07) is 5.92. The molecule has 0 aliphatic heterocycles. The number of rotatable bonds is 6. The van der Waals surface area contributed by atoms with Crippen LogP contribution in [0.15, 0.2) is 22.7 Å². The molecule has 19 heavy (non-hydrogen) atoms. The maximum absolute atomic E-state index is 12.1. The zero-order valence-corrected chi connectivity index (χ0v) is 12.6. The van der Waals surface area contributed by atoms with Crippen molar-refractivity contribution in [3.63, 3.8) is 0 Å². The predicted molar refractivity (Wildman–Crippen MR) is 73.9 cm³/mol. The molecule has 1 aromatic rings. The minimum Gasteiger partial charge on any atom is -0.316 e. The van der Waals surface area contributed by atoms with Gasteiger partial charge in [0, 0.05) is 24.1 Å². The maximum Gasteiger partial charge on any atom is 0.390 e. The van der Waals surface area contributed by atoms with E-state index in [1.165, 1.54) is 0 Å². The van der Waals surface area contributed by atoms with Crippen LogP contribution in [0.2, 0.25) is 0 Å². The van der Waals surface area contributed by atoms with E-state index in [1.54, 1.807) is 11.9 Å². The van der Waals surface area contributed by atoms with Gasteiger partial charge in [-0.1, -0.05) is 28.1 Å². The van der Waals surface area contributed by atoms with Gasteiger partial charge in [0.05, 0.1) is 6.42 Å². The Balaban J connectivity index is 2.57. The van der Waals surface area contributed by atoms with Crippen molar-refractivity contribution in [3.8, 4) is 0 Å². The molecular weight excluding hydrogens is 321 g/mol. The average molecular weight is 339 g/mol. The molecule has 0 saturated heterocycles. The van der Waals surface area contributed by atoms with E-state index in [1.807, 2.05) is 25.2 Å². The van der Waals surface area contributed by atoms with Crippen LogP contribution in [0.4, 0.5) is 13.2 Å². The van der Waals surface area contributed by atoms with Crippen molar-refractivity contribution in [2.24, 2.45) is 0 Å². The fourth-order valence-electron chi connectivity index (χ4n) is 1.72. The Morgan fingerprint density at radius 2 is 2.00 bits per heavy atom. The highest BCUT2D eigenvalue weighted by Gasteiger charge is 2.27. The van der Waals surface area contributed by atoms with Gasteiger partial charge < -0.3 is 10.2 Å². The Hall–Kier alpha value is -0.590. The quantitative estimate of drug-likeness (QED) is 0.853. The van der Waals surface area contributed by atoms with Gasteiger partial charge in [-0.15, -0.1) is 0 Å². The van der Waals surface area contributed by atoms with Crippen molar-refractivity contribution in [2.75, 3.05) is 20.6 Å². The molecule has 2 nitrogen and oxygen atoms in total. The van der Waals surface area contributed by atoms with E-state index in [4.69, 9.17) is 0 Å². The van der Waals surface area contributed by atoms with E-state index >= 15 is 0 Å². The summed E-state index contributed by atoms with van der Waals surface area (Å²) >= 11 is 3.46. The zero-order valence-electron chi connectivity index (χ0n) is 11.0. The van der Waals surface area contributed by atoms with Crippen molar-refractivity contribution in [2.45, 2.75) is 25.7 Å². The molecule has 0 aliphatic rings. The van der Waals surface area contributed by atoms with Crippen LogP contribution in [-0.4, -0.2) is 31.7 Å². The first kappa shape index (κ1) is 16.5. The van der Waals surface area contributed by atoms with Crippen LogP contribution in [0.3, 0.4) is 0 Å². The van der Waals surface area contributed by atoms with E-state index < -0.39 is 12.6 Å². The van der Waals surface area contributed by atoms with Gasteiger partial charge in [0.1, 0.15) is 0 Å². The standard InChI is InChI=1S/C13H18BrF3N2/c1-18-8-10-3-4-11(12(14)7-10)9-19(2)6-5-13(15,16)17/h3-4,7,18H,5-6,8-9H2,1-2H3. The van der Waals surface area contributed by atoms with Crippen molar-refractivity contribution < 1.29 is 13.2 Å². The fraction of sp³-hybridized carbons (Fsp3) is 0.538. The molecule has 0 radical (unpaired) electrons. The summed E-state index contributed by atoms with van der Waals surface area (Å²) in [5.74, 6) is 0. The molecule has 0 bridgehead atoms. The topological polar surface area (TPSA) is 15.3 Å². The lowest BCUT2D eigenvalue weighted by atomic mass is 10.1. The Morgan fingerprint density at radius 3 is 2.53 bits per heavy atom. The molecule has 0 spiro atoms. The fourth-order valence-corrected chi connectivity index (χ4v) is 2.27. The molecule has 108 valence electrons. The molecule has 0 unspecified atom stereocenters. The zero-order chi connectivity index (χ0) is 14.5.